The molecule has 0 spiro atoms. The molecule has 2 aromatic rings. The van der Waals surface area contributed by atoms with Crippen LogP contribution in [0.25, 0.3) is 0 Å². The Balaban J connectivity index is 2.09. The summed E-state index contributed by atoms with van der Waals surface area (Å²) in [5.74, 6) is 1.54. The molecule has 0 saturated heterocycles. The SMILES string of the molecule is COCN1c2ccccc2N(CC=CCO)c2nccnc21. The predicted molar refractivity (Wildman–Crippen MR) is 85.7 cm³/mol. The van der Waals surface area contributed by atoms with Crippen molar-refractivity contribution >= 4 is 23.0 Å². The van der Waals surface area contributed by atoms with E-state index in [4.69, 9.17) is 9.84 Å². The first kappa shape index (κ1) is 14.5. The summed E-state index contributed by atoms with van der Waals surface area (Å²) in [6, 6.07) is 8.07. The Morgan fingerprint density at radius 1 is 1.05 bits per heavy atom. The lowest BCUT2D eigenvalue weighted by atomic mass is 10.1. The molecule has 6 heteroatoms. The van der Waals surface area contributed by atoms with Crippen LogP contribution in [0.2, 0.25) is 0 Å². The Labute approximate surface area is 129 Å². The van der Waals surface area contributed by atoms with E-state index < -0.39 is 0 Å². The van der Waals surface area contributed by atoms with E-state index in [0.29, 0.717) is 13.3 Å². The first-order chi connectivity index (χ1) is 10.9. The minimum Gasteiger partial charge on any atom is -0.392 e. The van der Waals surface area contributed by atoms with E-state index in [1.54, 1.807) is 25.6 Å². The van der Waals surface area contributed by atoms with Gasteiger partial charge in [0.15, 0.2) is 11.6 Å². The van der Waals surface area contributed by atoms with Gasteiger partial charge in [0.1, 0.15) is 6.73 Å². The molecule has 1 N–H and O–H groups in total. The van der Waals surface area contributed by atoms with E-state index >= 15 is 0 Å². The van der Waals surface area contributed by atoms with Crippen LogP contribution in [-0.4, -0.2) is 42.1 Å². The van der Waals surface area contributed by atoms with Crippen molar-refractivity contribution in [2.75, 3.05) is 36.8 Å². The van der Waals surface area contributed by atoms with Gasteiger partial charge in [0.2, 0.25) is 0 Å². The molecule has 22 heavy (non-hydrogen) atoms. The van der Waals surface area contributed by atoms with Gasteiger partial charge in [-0.15, -0.1) is 0 Å². The van der Waals surface area contributed by atoms with Crippen molar-refractivity contribution in [1.29, 1.82) is 0 Å². The Hall–Kier alpha value is -2.44. The van der Waals surface area contributed by atoms with Gasteiger partial charge in [-0.25, -0.2) is 9.97 Å². The average molecular weight is 298 g/mol. The number of anilines is 4. The number of benzene rings is 1. The molecule has 0 atom stereocenters. The van der Waals surface area contributed by atoms with Crippen molar-refractivity contribution < 1.29 is 9.84 Å². The zero-order valence-electron chi connectivity index (χ0n) is 12.4. The van der Waals surface area contributed by atoms with E-state index in [1.165, 1.54) is 0 Å². The highest BCUT2D eigenvalue weighted by molar-refractivity contribution is 5.89. The zero-order valence-corrected chi connectivity index (χ0v) is 12.4. The van der Waals surface area contributed by atoms with Gasteiger partial charge >= 0.3 is 0 Å². The quantitative estimate of drug-likeness (QED) is 0.854. The number of methoxy groups -OCH3 is 1. The summed E-state index contributed by atoms with van der Waals surface area (Å²) in [4.78, 5) is 13.0. The second-order valence-electron chi connectivity index (χ2n) is 4.80. The smallest absolute Gasteiger partial charge is 0.178 e. The van der Waals surface area contributed by atoms with Gasteiger partial charge in [0.05, 0.1) is 18.0 Å². The molecule has 3 rings (SSSR count). The van der Waals surface area contributed by atoms with Crippen LogP contribution in [0.3, 0.4) is 0 Å². The second kappa shape index (κ2) is 6.55. The Kier molecular flexibility index (Phi) is 4.32. The van der Waals surface area contributed by atoms with Gasteiger partial charge in [0, 0.05) is 26.0 Å². The van der Waals surface area contributed by atoms with Crippen molar-refractivity contribution in [2.24, 2.45) is 0 Å². The monoisotopic (exact) mass is 298 g/mol. The number of aromatic nitrogens is 2. The van der Waals surface area contributed by atoms with Crippen molar-refractivity contribution in [3.05, 3.63) is 48.8 Å². The van der Waals surface area contributed by atoms with Crippen LogP contribution in [0, 0.1) is 0 Å². The van der Waals surface area contributed by atoms with Crippen LogP contribution in [0.5, 0.6) is 0 Å². The fourth-order valence-corrected chi connectivity index (χ4v) is 2.55. The number of nitrogens with zero attached hydrogens (tertiary/aromatic N) is 4. The summed E-state index contributed by atoms with van der Waals surface area (Å²) in [5, 5.41) is 8.94. The molecular formula is C16H18N4O2. The summed E-state index contributed by atoms with van der Waals surface area (Å²) < 4.78 is 5.32. The summed E-state index contributed by atoms with van der Waals surface area (Å²) in [6.07, 6.45) is 7.00. The summed E-state index contributed by atoms with van der Waals surface area (Å²) in [7, 11) is 1.66. The number of ether oxygens (including phenoxy) is 1. The van der Waals surface area contributed by atoms with Crippen molar-refractivity contribution in [3.63, 3.8) is 0 Å². The third-order valence-corrected chi connectivity index (χ3v) is 3.45. The van der Waals surface area contributed by atoms with Gasteiger partial charge < -0.3 is 14.7 Å². The van der Waals surface area contributed by atoms with Crippen LogP contribution in [0.1, 0.15) is 0 Å². The van der Waals surface area contributed by atoms with Crippen molar-refractivity contribution in [3.8, 4) is 0 Å². The standard InChI is InChI=1S/C16H18N4O2/c1-22-12-20-14-7-3-2-6-13(14)19(10-4-5-11-21)15-16(20)18-9-8-17-15/h2-9,21H,10-12H2,1H3. The van der Waals surface area contributed by atoms with E-state index in [-0.39, 0.29) is 6.61 Å². The van der Waals surface area contributed by atoms with Crippen LogP contribution in [-0.2, 0) is 4.74 Å². The molecule has 0 saturated carbocycles. The number of rotatable bonds is 5. The van der Waals surface area contributed by atoms with Crippen molar-refractivity contribution in [1.82, 2.24) is 9.97 Å². The first-order valence-electron chi connectivity index (χ1n) is 7.06. The molecule has 0 unspecified atom stereocenters. The normalized spacial score (nSPS) is 13.4. The topological polar surface area (TPSA) is 61.7 Å². The van der Waals surface area contributed by atoms with Crippen LogP contribution < -0.4 is 9.80 Å². The molecule has 1 aliphatic rings. The fraction of sp³-hybridized carbons (Fsp3) is 0.250. The lowest BCUT2D eigenvalue weighted by Gasteiger charge is -2.37. The molecule has 6 nitrogen and oxygen atoms in total. The maximum atomic E-state index is 8.94. The molecule has 114 valence electrons. The maximum Gasteiger partial charge on any atom is 0.178 e. The average Bonchev–Trinajstić information content (AvgIpc) is 2.57. The summed E-state index contributed by atoms with van der Waals surface area (Å²) in [6.45, 7) is 1.05. The number of fused-ring (bicyclic) bond motifs is 2. The van der Waals surface area contributed by atoms with Gasteiger partial charge in [-0.05, 0) is 12.1 Å². The number of hydrogen-bond acceptors (Lipinski definition) is 6. The molecule has 0 bridgehead atoms. The van der Waals surface area contributed by atoms with Gasteiger partial charge in [-0.2, -0.15) is 0 Å². The highest BCUT2D eigenvalue weighted by Gasteiger charge is 2.29. The Morgan fingerprint density at radius 3 is 2.32 bits per heavy atom. The van der Waals surface area contributed by atoms with Crippen LogP contribution in [0.4, 0.5) is 23.0 Å². The second-order valence-corrected chi connectivity index (χ2v) is 4.80. The van der Waals surface area contributed by atoms with E-state index in [0.717, 1.165) is 23.0 Å². The largest absolute Gasteiger partial charge is 0.392 e. The zero-order chi connectivity index (χ0) is 15.4. The summed E-state index contributed by atoms with van der Waals surface area (Å²) >= 11 is 0. The third kappa shape index (κ3) is 2.54. The molecule has 0 amide bonds. The molecule has 1 aliphatic heterocycles. The molecular weight excluding hydrogens is 280 g/mol. The number of hydrogen-bond donors (Lipinski definition) is 1. The van der Waals surface area contributed by atoms with Gasteiger partial charge in [-0.3, -0.25) is 4.90 Å². The number of para-hydroxylation sites is 2. The van der Waals surface area contributed by atoms with E-state index in [9.17, 15) is 0 Å². The van der Waals surface area contributed by atoms with Gasteiger partial charge in [0.25, 0.3) is 0 Å². The third-order valence-electron chi connectivity index (χ3n) is 3.45. The van der Waals surface area contributed by atoms with E-state index in [1.807, 2.05) is 35.2 Å². The lowest BCUT2D eigenvalue weighted by Crippen LogP contribution is -2.32. The minimum atomic E-state index is 0.0264. The van der Waals surface area contributed by atoms with Crippen molar-refractivity contribution in [2.45, 2.75) is 0 Å². The maximum absolute atomic E-state index is 8.94. The highest BCUT2D eigenvalue weighted by Crippen LogP contribution is 2.45. The molecule has 0 fully saturated rings. The van der Waals surface area contributed by atoms with E-state index in [2.05, 4.69) is 14.9 Å². The molecule has 2 heterocycles. The minimum absolute atomic E-state index is 0.0264. The molecule has 1 aromatic heterocycles. The molecule has 0 aliphatic carbocycles. The highest BCUT2D eigenvalue weighted by atomic mass is 16.5. The van der Waals surface area contributed by atoms with Crippen LogP contribution in [0.15, 0.2) is 48.8 Å². The Bertz CT molecular complexity index is 627. The lowest BCUT2D eigenvalue weighted by molar-refractivity contribution is 0.205. The van der Waals surface area contributed by atoms with Gasteiger partial charge in [-0.1, -0.05) is 24.3 Å². The molecule has 1 aromatic carbocycles. The summed E-state index contributed by atoms with van der Waals surface area (Å²) in [5.41, 5.74) is 2.06. The first-order valence-corrected chi connectivity index (χ1v) is 7.06. The molecule has 0 radical (unpaired) electrons. The number of aliphatic hydroxyl groups is 1. The fourth-order valence-electron chi connectivity index (χ4n) is 2.55. The Morgan fingerprint density at radius 2 is 1.68 bits per heavy atom. The van der Waals surface area contributed by atoms with Crippen LogP contribution >= 0.6 is 0 Å². The number of aliphatic hydroxyl groups excluding tert-OH is 1. The predicted octanol–water partition coefficient (Wildman–Crippen LogP) is 2.22.